The first kappa shape index (κ1) is 11.3. The number of hydrogen-bond donors (Lipinski definition) is 1. The fraction of sp³-hybridized carbons (Fsp3) is 0.250. The topological polar surface area (TPSA) is 30.9 Å². The van der Waals surface area contributed by atoms with Gasteiger partial charge in [-0.25, -0.2) is 0 Å². The number of benzene rings is 2. The Morgan fingerprint density at radius 1 is 1.06 bits per heavy atom. The van der Waals surface area contributed by atoms with Gasteiger partial charge in [-0.3, -0.25) is 0 Å². The second-order valence-corrected chi connectivity index (χ2v) is 4.83. The highest BCUT2D eigenvalue weighted by molar-refractivity contribution is 6.08. The molecular weight excluding hydrogens is 220 g/mol. The van der Waals surface area contributed by atoms with E-state index in [1.165, 1.54) is 27.4 Å². The lowest BCUT2D eigenvalue weighted by Crippen LogP contribution is -2.04. The lowest BCUT2D eigenvalue weighted by molar-refractivity contribution is 0.815. The van der Waals surface area contributed by atoms with Gasteiger partial charge in [0.1, 0.15) is 0 Å². The molecule has 2 nitrogen and oxygen atoms in total. The van der Waals surface area contributed by atoms with Gasteiger partial charge in [0.05, 0.1) is 0 Å². The fourth-order valence-corrected chi connectivity index (χ4v) is 2.70. The van der Waals surface area contributed by atoms with Crippen LogP contribution in [-0.4, -0.2) is 4.57 Å². The van der Waals surface area contributed by atoms with Gasteiger partial charge in [-0.15, -0.1) is 0 Å². The van der Waals surface area contributed by atoms with E-state index in [0.717, 1.165) is 6.54 Å². The number of fused-ring (bicyclic) bond motifs is 3. The molecule has 0 saturated carbocycles. The summed E-state index contributed by atoms with van der Waals surface area (Å²) >= 11 is 0. The van der Waals surface area contributed by atoms with Gasteiger partial charge in [-0.05, 0) is 37.6 Å². The molecule has 1 heterocycles. The molecule has 0 aliphatic carbocycles. The maximum atomic E-state index is 5.98. The largest absolute Gasteiger partial charge is 0.341 e. The number of hydrogen-bond acceptors (Lipinski definition) is 1. The van der Waals surface area contributed by atoms with Crippen molar-refractivity contribution in [3.05, 3.63) is 48.0 Å². The number of nitrogens with two attached hydrogens (primary N) is 1. The summed E-state index contributed by atoms with van der Waals surface area (Å²) < 4.78 is 2.36. The van der Waals surface area contributed by atoms with Crippen molar-refractivity contribution in [2.45, 2.75) is 26.4 Å². The Morgan fingerprint density at radius 3 is 2.50 bits per heavy atom. The van der Waals surface area contributed by atoms with Crippen LogP contribution in [-0.2, 0) is 6.54 Å². The first-order chi connectivity index (χ1) is 8.72. The summed E-state index contributed by atoms with van der Waals surface area (Å²) in [5, 5.41) is 2.62. The molecular formula is C16H18N2. The van der Waals surface area contributed by atoms with E-state index in [-0.39, 0.29) is 6.04 Å². The number of aryl methyl sites for hydroxylation is 1. The van der Waals surface area contributed by atoms with Crippen LogP contribution in [0.5, 0.6) is 0 Å². The maximum absolute atomic E-state index is 5.98. The summed E-state index contributed by atoms with van der Waals surface area (Å²) in [7, 11) is 0. The Kier molecular flexibility index (Phi) is 2.60. The van der Waals surface area contributed by atoms with Crippen molar-refractivity contribution in [3.8, 4) is 0 Å². The van der Waals surface area contributed by atoms with Crippen LogP contribution < -0.4 is 5.73 Å². The Bertz CT molecular complexity index is 708. The predicted molar refractivity (Wildman–Crippen MR) is 77.7 cm³/mol. The molecule has 0 aliphatic heterocycles. The lowest BCUT2D eigenvalue weighted by Gasteiger charge is -2.06. The first-order valence-corrected chi connectivity index (χ1v) is 6.49. The molecule has 0 aliphatic rings. The van der Waals surface area contributed by atoms with Gasteiger partial charge >= 0.3 is 0 Å². The van der Waals surface area contributed by atoms with Crippen LogP contribution in [0.3, 0.4) is 0 Å². The molecule has 2 heteroatoms. The molecule has 0 saturated heterocycles. The molecule has 0 fully saturated rings. The number of para-hydroxylation sites is 1. The minimum absolute atomic E-state index is 0.0816. The van der Waals surface area contributed by atoms with E-state index < -0.39 is 0 Å². The minimum atomic E-state index is 0.0816. The second kappa shape index (κ2) is 4.14. The first-order valence-electron chi connectivity index (χ1n) is 6.49. The van der Waals surface area contributed by atoms with Gasteiger partial charge in [-0.1, -0.05) is 24.3 Å². The summed E-state index contributed by atoms with van der Waals surface area (Å²) in [6.07, 6.45) is 0. The summed E-state index contributed by atoms with van der Waals surface area (Å²) in [5.74, 6) is 0. The van der Waals surface area contributed by atoms with Gasteiger partial charge in [0, 0.05) is 34.4 Å². The fourth-order valence-electron chi connectivity index (χ4n) is 2.70. The number of nitrogens with zero attached hydrogens (tertiary/aromatic N) is 1. The zero-order valence-corrected chi connectivity index (χ0v) is 10.9. The van der Waals surface area contributed by atoms with Crippen molar-refractivity contribution in [1.82, 2.24) is 4.57 Å². The Labute approximate surface area is 107 Å². The van der Waals surface area contributed by atoms with Gasteiger partial charge < -0.3 is 10.3 Å². The molecule has 2 N–H and O–H groups in total. The second-order valence-electron chi connectivity index (χ2n) is 4.83. The maximum Gasteiger partial charge on any atom is 0.0491 e. The zero-order valence-electron chi connectivity index (χ0n) is 10.9. The average molecular weight is 238 g/mol. The molecule has 2 aromatic carbocycles. The van der Waals surface area contributed by atoms with Crippen LogP contribution in [0, 0.1) is 0 Å². The highest BCUT2D eigenvalue weighted by atomic mass is 15.0. The molecule has 0 amide bonds. The van der Waals surface area contributed by atoms with Crippen LogP contribution in [0.1, 0.15) is 25.5 Å². The zero-order chi connectivity index (χ0) is 12.7. The third-order valence-corrected chi connectivity index (χ3v) is 3.64. The Balaban J connectivity index is 2.45. The Morgan fingerprint density at radius 2 is 1.78 bits per heavy atom. The predicted octanol–water partition coefficient (Wildman–Crippen LogP) is 3.83. The van der Waals surface area contributed by atoms with E-state index in [4.69, 9.17) is 5.73 Å². The van der Waals surface area contributed by atoms with Crippen molar-refractivity contribution in [2.24, 2.45) is 5.73 Å². The third-order valence-electron chi connectivity index (χ3n) is 3.64. The quantitative estimate of drug-likeness (QED) is 0.722. The number of rotatable bonds is 2. The molecule has 18 heavy (non-hydrogen) atoms. The van der Waals surface area contributed by atoms with Gasteiger partial charge in [-0.2, -0.15) is 0 Å². The van der Waals surface area contributed by atoms with Gasteiger partial charge in [0.2, 0.25) is 0 Å². The van der Waals surface area contributed by atoms with E-state index in [1.807, 2.05) is 6.92 Å². The number of aromatic nitrogens is 1. The highest BCUT2D eigenvalue weighted by Gasteiger charge is 2.10. The van der Waals surface area contributed by atoms with Gasteiger partial charge in [0.25, 0.3) is 0 Å². The van der Waals surface area contributed by atoms with Crippen LogP contribution in [0.15, 0.2) is 42.5 Å². The Hall–Kier alpha value is -1.80. The normalized spacial score (nSPS) is 13.3. The molecule has 0 radical (unpaired) electrons. The molecule has 1 aromatic heterocycles. The van der Waals surface area contributed by atoms with E-state index in [1.54, 1.807) is 0 Å². The summed E-state index contributed by atoms with van der Waals surface area (Å²) in [6, 6.07) is 15.2. The van der Waals surface area contributed by atoms with E-state index in [9.17, 15) is 0 Å². The molecule has 3 rings (SSSR count). The van der Waals surface area contributed by atoms with Crippen molar-refractivity contribution >= 4 is 21.8 Å². The van der Waals surface area contributed by atoms with Crippen molar-refractivity contribution in [3.63, 3.8) is 0 Å². The summed E-state index contributed by atoms with van der Waals surface area (Å²) in [4.78, 5) is 0. The molecule has 0 spiro atoms. The standard InChI is InChI=1S/C16H18N2/c1-3-18-15-7-5-4-6-13(15)14-10-12(11(2)17)8-9-16(14)18/h4-11H,3,17H2,1-2H3. The molecule has 1 unspecified atom stereocenters. The van der Waals surface area contributed by atoms with Crippen LogP contribution in [0.4, 0.5) is 0 Å². The SMILES string of the molecule is CCn1c2ccccc2c2cc(C(C)N)ccc21. The van der Waals surface area contributed by atoms with Crippen LogP contribution in [0.25, 0.3) is 21.8 Å². The van der Waals surface area contributed by atoms with Gasteiger partial charge in [0.15, 0.2) is 0 Å². The lowest BCUT2D eigenvalue weighted by atomic mass is 10.1. The molecule has 92 valence electrons. The average Bonchev–Trinajstić information content (AvgIpc) is 2.71. The van der Waals surface area contributed by atoms with E-state index in [2.05, 4.69) is 54.0 Å². The van der Waals surface area contributed by atoms with Crippen molar-refractivity contribution in [1.29, 1.82) is 0 Å². The molecule has 1 atom stereocenters. The monoisotopic (exact) mass is 238 g/mol. The smallest absolute Gasteiger partial charge is 0.0491 e. The summed E-state index contributed by atoms with van der Waals surface area (Å²) in [5.41, 5.74) is 9.77. The van der Waals surface area contributed by atoms with Crippen LogP contribution >= 0.6 is 0 Å². The molecule has 0 bridgehead atoms. The third kappa shape index (κ3) is 1.53. The summed E-state index contributed by atoms with van der Waals surface area (Å²) in [6.45, 7) is 5.20. The van der Waals surface area contributed by atoms with E-state index >= 15 is 0 Å². The molecule has 3 aromatic rings. The van der Waals surface area contributed by atoms with Crippen LogP contribution in [0.2, 0.25) is 0 Å². The minimum Gasteiger partial charge on any atom is -0.341 e. The van der Waals surface area contributed by atoms with E-state index in [0.29, 0.717) is 0 Å². The van der Waals surface area contributed by atoms with Crippen molar-refractivity contribution < 1.29 is 0 Å². The highest BCUT2D eigenvalue weighted by Crippen LogP contribution is 2.30. The van der Waals surface area contributed by atoms with Crippen molar-refractivity contribution in [2.75, 3.05) is 0 Å².